The summed E-state index contributed by atoms with van der Waals surface area (Å²) in [5, 5.41) is 0. The van der Waals surface area contributed by atoms with E-state index in [0.717, 1.165) is 77.0 Å². The van der Waals surface area contributed by atoms with Gasteiger partial charge in [-0.1, -0.05) is 130 Å². The van der Waals surface area contributed by atoms with Crippen molar-refractivity contribution in [1.29, 1.82) is 0 Å². The van der Waals surface area contributed by atoms with Crippen LogP contribution in [0, 0.1) is 0 Å². The van der Waals surface area contributed by atoms with Crippen LogP contribution in [0.25, 0.3) is 0 Å². The van der Waals surface area contributed by atoms with Crippen LogP contribution < -0.4 is 5.73 Å². The minimum Gasteiger partial charge on any atom is -0.462 e. The fourth-order valence-electron chi connectivity index (χ4n) is 5.52. The van der Waals surface area contributed by atoms with Gasteiger partial charge in [0.25, 0.3) is 0 Å². The van der Waals surface area contributed by atoms with E-state index < -0.39 is 32.5 Å². The van der Waals surface area contributed by atoms with Gasteiger partial charge in [-0.2, -0.15) is 0 Å². The summed E-state index contributed by atoms with van der Waals surface area (Å²) in [7, 11) is -4.41. The molecule has 3 unspecified atom stereocenters. The molecule has 0 radical (unpaired) electrons. The van der Waals surface area contributed by atoms with Crippen molar-refractivity contribution in [3.8, 4) is 0 Å². The molecule has 0 bridgehead atoms. The van der Waals surface area contributed by atoms with Gasteiger partial charge in [0.05, 0.1) is 25.4 Å². The van der Waals surface area contributed by atoms with Crippen molar-refractivity contribution >= 4 is 19.8 Å². The summed E-state index contributed by atoms with van der Waals surface area (Å²) < 4.78 is 38.5. The number of carbonyl (C=O) groups is 2. The van der Waals surface area contributed by atoms with Crippen LogP contribution in [0.2, 0.25) is 0 Å². The number of hydrogen-bond donors (Lipinski definition) is 2. The van der Waals surface area contributed by atoms with Crippen LogP contribution in [0.3, 0.4) is 0 Å². The summed E-state index contributed by atoms with van der Waals surface area (Å²) >= 11 is 0. The molecule has 1 fully saturated rings. The first-order valence-electron chi connectivity index (χ1n) is 21.8. The van der Waals surface area contributed by atoms with E-state index in [4.69, 9.17) is 29.0 Å². The Morgan fingerprint density at radius 1 is 0.621 bits per heavy atom. The predicted molar refractivity (Wildman–Crippen MR) is 237 cm³/mol. The van der Waals surface area contributed by atoms with Crippen molar-refractivity contribution in [2.24, 2.45) is 5.73 Å². The smallest absolute Gasteiger partial charge is 0.462 e. The van der Waals surface area contributed by atoms with E-state index in [2.05, 4.69) is 105 Å². The number of epoxide rings is 1. The van der Waals surface area contributed by atoms with Gasteiger partial charge in [0.2, 0.25) is 0 Å². The third-order valence-corrected chi connectivity index (χ3v) is 9.84. The zero-order valence-corrected chi connectivity index (χ0v) is 36.6. The Bertz CT molecular complexity index is 1330. The standard InChI is InChI=1S/C47H76NO9P/c1-3-5-7-9-11-13-14-15-16-17-18-19-20-21-22-24-26-28-33-37-46(49)53-41-43(42-55-58(51,52)54-40-39-48)56-47(50)38-34-30-29-32-36-45-44(57-45)35-31-27-25-23-12-10-8-6-4-2/h5,7,11-13,15-16,18-19,21-23,27,29,31-32,43-45H,3-4,6,8-10,14,17,20,24-26,28,30,33-42,48H2,1-2H3,(H,51,52)/b7-5-,13-11-,16-15-,19-18-,22-21-,23-12-,31-27-,32-29-/t43-,44?,45?/m1/s1. The van der Waals surface area contributed by atoms with E-state index in [-0.39, 0.29) is 44.8 Å². The second kappa shape index (κ2) is 38.1. The van der Waals surface area contributed by atoms with Crippen molar-refractivity contribution in [3.05, 3.63) is 97.2 Å². The van der Waals surface area contributed by atoms with Gasteiger partial charge in [-0.25, -0.2) is 4.57 Å². The normalized spacial score (nSPS) is 17.7. The summed E-state index contributed by atoms with van der Waals surface area (Å²) in [6.07, 6.45) is 51.8. The molecule has 10 nitrogen and oxygen atoms in total. The molecule has 58 heavy (non-hydrogen) atoms. The Labute approximate surface area is 351 Å². The van der Waals surface area contributed by atoms with Crippen LogP contribution in [0.4, 0.5) is 0 Å². The van der Waals surface area contributed by atoms with Gasteiger partial charge in [-0.15, -0.1) is 0 Å². The number of hydrogen-bond acceptors (Lipinski definition) is 9. The molecule has 0 saturated carbocycles. The fourth-order valence-corrected chi connectivity index (χ4v) is 6.28. The van der Waals surface area contributed by atoms with Gasteiger partial charge < -0.3 is 24.8 Å². The third-order valence-electron chi connectivity index (χ3n) is 8.86. The third kappa shape index (κ3) is 34.9. The van der Waals surface area contributed by atoms with E-state index >= 15 is 0 Å². The fraction of sp³-hybridized carbons (Fsp3) is 0.617. The maximum Gasteiger partial charge on any atom is 0.472 e. The highest BCUT2D eigenvalue weighted by molar-refractivity contribution is 7.47. The van der Waals surface area contributed by atoms with Crippen LogP contribution in [0.1, 0.15) is 142 Å². The highest BCUT2D eigenvalue weighted by Crippen LogP contribution is 2.43. The number of allylic oxidation sites excluding steroid dienone is 14. The average Bonchev–Trinajstić information content (AvgIpc) is 3.97. The molecule has 1 heterocycles. The number of nitrogens with two attached hydrogens (primary N) is 1. The molecule has 0 aromatic heterocycles. The number of carbonyl (C=O) groups excluding carboxylic acids is 2. The highest BCUT2D eigenvalue weighted by atomic mass is 31.2. The second-order valence-corrected chi connectivity index (χ2v) is 15.7. The van der Waals surface area contributed by atoms with Crippen molar-refractivity contribution in [2.75, 3.05) is 26.4 Å². The lowest BCUT2D eigenvalue weighted by atomic mass is 10.1. The van der Waals surface area contributed by atoms with Crippen LogP contribution in [-0.2, 0) is 37.4 Å². The lowest BCUT2D eigenvalue weighted by Gasteiger charge is -2.19. The number of phosphoric acid groups is 1. The van der Waals surface area contributed by atoms with Crippen molar-refractivity contribution < 1.29 is 42.3 Å². The van der Waals surface area contributed by atoms with Crippen molar-refractivity contribution in [3.63, 3.8) is 0 Å². The van der Waals surface area contributed by atoms with Crippen molar-refractivity contribution in [2.45, 2.75) is 161 Å². The predicted octanol–water partition coefficient (Wildman–Crippen LogP) is 11.6. The quantitative estimate of drug-likeness (QED) is 0.0203. The highest BCUT2D eigenvalue weighted by Gasteiger charge is 2.36. The Balaban J connectivity index is 2.27. The Morgan fingerprint density at radius 3 is 1.71 bits per heavy atom. The zero-order valence-electron chi connectivity index (χ0n) is 35.7. The van der Waals surface area contributed by atoms with Crippen LogP contribution in [0.5, 0.6) is 0 Å². The largest absolute Gasteiger partial charge is 0.472 e. The molecule has 3 N–H and O–H groups in total. The minimum absolute atomic E-state index is 0.0314. The second-order valence-electron chi connectivity index (χ2n) is 14.2. The minimum atomic E-state index is -4.41. The van der Waals surface area contributed by atoms with Gasteiger partial charge in [0.1, 0.15) is 6.61 Å². The Hall–Kier alpha value is -3.11. The Kier molecular flexibility index (Phi) is 34.8. The molecule has 1 aliphatic heterocycles. The summed E-state index contributed by atoms with van der Waals surface area (Å²) in [6, 6.07) is 0. The maximum atomic E-state index is 12.6. The van der Waals surface area contributed by atoms with Gasteiger partial charge in [0, 0.05) is 19.4 Å². The number of rotatable bonds is 38. The van der Waals surface area contributed by atoms with E-state index in [0.29, 0.717) is 19.3 Å². The molecule has 1 rings (SSSR count). The summed E-state index contributed by atoms with van der Waals surface area (Å²) in [6.45, 7) is 3.44. The maximum absolute atomic E-state index is 12.6. The van der Waals surface area contributed by atoms with Gasteiger partial charge in [-0.3, -0.25) is 18.6 Å². The molecule has 1 aliphatic rings. The number of esters is 2. The van der Waals surface area contributed by atoms with Gasteiger partial charge in [0.15, 0.2) is 6.10 Å². The average molecular weight is 830 g/mol. The lowest BCUT2D eigenvalue weighted by Crippen LogP contribution is -2.29. The number of ether oxygens (including phenoxy) is 3. The molecule has 0 spiro atoms. The first kappa shape index (κ1) is 52.9. The molecule has 0 amide bonds. The molecule has 11 heteroatoms. The van der Waals surface area contributed by atoms with Crippen molar-refractivity contribution in [1.82, 2.24) is 0 Å². The lowest BCUT2D eigenvalue weighted by molar-refractivity contribution is -0.161. The zero-order chi connectivity index (χ0) is 42.2. The number of unbranched alkanes of at least 4 members (excludes halogenated alkanes) is 7. The molecule has 328 valence electrons. The molecular formula is C47H76NO9P. The molecule has 4 atom stereocenters. The van der Waals surface area contributed by atoms with E-state index in [1.165, 1.54) is 19.3 Å². The summed E-state index contributed by atoms with van der Waals surface area (Å²) in [5.74, 6) is -0.951. The van der Waals surface area contributed by atoms with E-state index in [9.17, 15) is 19.0 Å². The SMILES string of the molecule is CC/C=C\C/C=C\C/C=C\C/C=C\C/C=C\CCCCCC(=O)OC[C@H](COP(=O)(O)OCCN)OC(=O)CCC/C=C\CC1OC1C/C=C\C/C=C\CCCCC. The summed E-state index contributed by atoms with van der Waals surface area (Å²) in [5.41, 5.74) is 5.34. The first-order chi connectivity index (χ1) is 28.3. The van der Waals surface area contributed by atoms with Gasteiger partial charge >= 0.3 is 19.8 Å². The first-order valence-corrected chi connectivity index (χ1v) is 23.3. The monoisotopic (exact) mass is 830 g/mol. The Morgan fingerprint density at radius 2 is 1.12 bits per heavy atom. The number of phosphoric ester groups is 1. The molecule has 0 aromatic rings. The van der Waals surface area contributed by atoms with Gasteiger partial charge in [-0.05, 0) is 96.3 Å². The molecule has 0 aromatic carbocycles. The molecule has 1 saturated heterocycles. The topological polar surface area (TPSA) is 147 Å². The van der Waals surface area contributed by atoms with Crippen LogP contribution >= 0.6 is 7.82 Å². The van der Waals surface area contributed by atoms with Crippen LogP contribution in [0.15, 0.2) is 97.2 Å². The summed E-state index contributed by atoms with van der Waals surface area (Å²) in [4.78, 5) is 34.9. The molecular weight excluding hydrogens is 753 g/mol. The molecule has 0 aliphatic carbocycles. The van der Waals surface area contributed by atoms with E-state index in [1.54, 1.807) is 0 Å². The van der Waals surface area contributed by atoms with E-state index in [1.807, 2.05) is 6.08 Å². The van der Waals surface area contributed by atoms with Crippen LogP contribution in [-0.4, -0.2) is 61.5 Å².